The highest BCUT2D eigenvalue weighted by Crippen LogP contribution is 2.39. The lowest BCUT2D eigenvalue weighted by atomic mass is 10.2. The van der Waals surface area contributed by atoms with Crippen LogP contribution in [0, 0.1) is 12.5 Å². The van der Waals surface area contributed by atoms with Gasteiger partial charge in [0.2, 0.25) is 0 Å². The normalized spacial score (nSPS) is 11.1. The lowest BCUT2D eigenvalue weighted by molar-refractivity contribution is 0.677. The van der Waals surface area contributed by atoms with Crippen LogP contribution in [0.25, 0.3) is 10.2 Å². The number of hydrogen-bond acceptors (Lipinski definition) is 5. The third-order valence-corrected chi connectivity index (χ3v) is 5.31. The number of rotatable bonds is 8. The van der Waals surface area contributed by atoms with Gasteiger partial charge in [-0.3, -0.25) is 0 Å². The van der Waals surface area contributed by atoms with Gasteiger partial charge in [-0.05, 0) is 31.4 Å². The van der Waals surface area contributed by atoms with Gasteiger partial charge in [-0.1, -0.05) is 49.6 Å². The zero-order valence-corrected chi connectivity index (χ0v) is 15.0. The van der Waals surface area contributed by atoms with Gasteiger partial charge >= 0.3 is 0 Å². The fourth-order valence-electron chi connectivity index (χ4n) is 2.35. The van der Waals surface area contributed by atoms with E-state index in [0.717, 1.165) is 34.0 Å². The standard InChI is InChI=1S/C16H23ClN4S/c1-4-6-8-21(9-7-5-2)16-19-15-13(22-16)10-12(20-18)11(3)14(15)17/h10,18H,4-9H2,1-3H3. The topological polar surface area (TPSA) is 52.3 Å². The molecule has 0 spiro atoms. The maximum Gasteiger partial charge on any atom is 0.186 e. The molecule has 2 aromatic rings. The second-order valence-corrected chi connectivity index (χ2v) is 6.87. The SMILES string of the molecule is CCCCN(CCCC)c1nc2c(Cl)c(C)c(N=N)cc2s1. The average molecular weight is 339 g/mol. The van der Waals surface area contributed by atoms with Gasteiger partial charge in [0.15, 0.2) is 5.13 Å². The summed E-state index contributed by atoms with van der Waals surface area (Å²) in [6.07, 6.45) is 4.68. The number of hydrogen-bond donors (Lipinski definition) is 1. The van der Waals surface area contributed by atoms with Gasteiger partial charge in [-0.15, -0.1) is 0 Å². The third kappa shape index (κ3) is 3.58. The molecule has 1 heterocycles. The number of halogens is 1. The minimum Gasteiger partial charge on any atom is -0.348 e. The van der Waals surface area contributed by atoms with Crippen molar-refractivity contribution in [2.45, 2.75) is 46.5 Å². The molecule has 0 bridgehead atoms. The summed E-state index contributed by atoms with van der Waals surface area (Å²) in [6.45, 7) is 8.36. The van der Waals surface area contributed by atoms with E-state index in [1.54, 1.807) is 11.3 Å². The maximum atomic E-state index is 7.27. The van der Waals surface area contributed by atoms with E-state index in [2.05, 4.69) is 23.9 Å². The third-order valence-electron chi connectivity index (χ3n) is 3.79. The molecule has 2 rings (SSSR count). The second kappa shape index (κ2) is 7.88. The molecule has 4 nitrogen and oxygen atoms in total. The summed E-state index contributed by atoms with van der Waals surface area (Å²) in [7, 11) is 0. The molecule has 0 saturated carbocycles. The summed E-state index contributed by atoms with van der Waals surface area (Å²) < 4.78 is 1.01. The summed E-state index contributed by atoms with van der Waals surface area (Å²) in [4.78, 5) is 7.13. The zero-order valence-electron chi connectivity index (χ0n) is 13.4. The quantitative estimate of drug-likeness (QED) is 0.572. The fraction of sp³-hybridized carbons (Fsp3) is 0.562. The van der Waals surface area contributed by atoms with Gasteiger partial charge < -0.3 is 4.90 Å². The molecular weight excluding hydrogens is 316 g/mol. The lowest BCUT2D eigenvalue weighted by Gasteiger charge is -2.21. The second-order valence-electron chi connectivity index (χ2n) is 5.48. The largest absolute Gasteiger partial charge is 0.348 e. The molecule has 1 aromatic heterocycles. The molecule has 22 heavy (non-hydrogen) atoms. The summed E-state index contributed by atoms with van der Waals surface area (Å²) >= 11 is 8.06. The van der Waals surface area contributed by atoms with Crippen molar-refractivity contribution in [3.05, 3.63) is 16.7 Å². The molecule has 0 amide bonds. The summed E-state index contributed by atoms with van der Waals surface area (Å²) in [6, 6.07) is 1.92. The number of fused-ring (bicyclic) bond motifs is 1. The first-order chi connectivity index (χ1) is 10.6. The minimum atomic E-state index is 0.622. The predicted octanol–water partition coefficient (Wildman–Crippen LogP) is 6.33. The molecule has 0 atom stereocenters. The number of nitrogens with one attached hydrogen (secondary N) is 1. The van der Waals surface area contributed by atoms with Crippen molar-refractivity contribution in [2.24, 2.45) is 5.11 Å². The molecule has 120 valence electrons. The van der Waals surface area contributed by atoms with Crippen LogP contribution in [0.15, 0.2) is 11.2 Å². The van der Waals surface area contributed by atoms with Crippen molar-refractivity contribution in [1.29, 1.82) is 5.53 Å². The van der Waals surface area contributed by atoms with Crippen LogP contribution in [0.2, 0.25) is 5.02 Å². The first kappa shape index (κ1) is 17.2. The van der Waals surface area contributed by atoms with Crippen molar-refractivity contribution >= 4 is 44.0 Å². The Morgan fingerprint density at radius 2 is 1.91 bits per heavy atom. The molecule has 1 N–H and O–H groups in total. The van der Waals surface area contributed by atoms with Crippen molar-refractivity contribution in [2.75, 3.05) is 18.0 Å². The van der Waals surface area contributed by atoms with Crippen LogP contribution in [0.4, 0.5) is 10.8 Å². The van der Waals surface area contributed by atoms with E-state index in [1.165, 1.54) is 25.7 Å². The van der Waals surface area contributed by atoms with Crippen LogP contribution < -0.4 is 4.90 Å². The van der Waals surface area contributed by atoms with Crippen LogP contribution in [0.5, 0.6) is 0 Å². The summed E-state index contributed by atoms with van der Waals surface area (Å²) in [5.74, 6) is 0. The highest BCUT2D eigenvalue weighted by molar-refractivity contribution is 7.22. The Hall–Kier alpha value is -1.20. The van der Waals surface area contributed by atoms with Gasteiger partial charge in [0.05, 0.1) is 15.4 Å². The molecule has 0 radical (unpaired) electrons. The molecular formula is C16H23ClN4S. The monoisotopic (exact) mass is 338 g/mol. The number of nitrogens with zero attached hydrogens (tertiary/aromatic N) is 3. The highest BCUT2D eigenvalue weighted by Gasteiger charge is 2.16. The molecule has 0 saturated heterocycles. The molecule has 0 fully saturated rings. The smallest absolute Gasteiger partial charge is 0.186 e. The molecule has 0 aliphatic heterocycles. The Morgan fingerprint density at radius 1 is 1.27 bits per heavy atom. The van der Waals surface area contributed by atoms with Gasteiger partial charge in [-0.2, -0.15) is 5.11 Å². The van der Waals surface area contributed by atoms with Crippen molar-refractivity contribution < 1.29 is 0 Å². The first-order valence-corrected chi connectivity index (χ1v) is 9.03. The van der Waals surface area contributed by atoms with Crippen LogP contribution >= 0.6 is 22.9 Å². The van der Waals surface area contributed by atoms with E-state index in [9.17, 15) is 0 Å². The lowest BCUT2D eigenvalue weighted by Crippen LogP contribution is -2.25. The number of benzene rings is 1. The van der Waals surface area contributed by atoms with Gasteiger partial charge in [-0.25, -0.2) is 10.5 Å². The van der Waals surface area contributed by atoms with Gasteiger partial charge in [0, 0.05) is 13.1 Å². The Morgan fingerprint density at radius 3 is 2.45 bits per heavy atom. The first-order valence-electron chi connectivity index (χ1n) is 7.84. The van der Waals surface area contributed by atoms with Crippen molar-refractivity contribution in [1.82, 2.24) is 4.98 Å². The number of aromatic nitrogens is 1. The van der Waals surface area contributed by atoms with E-state index in [0.29, 0.717) is 10.7 Å². The zero-order chi connectivity index (χ0) is 16.1. The van der Waals surface area contributed by atoms with E-state index in [1.807, 2.05) is 13.0 Å². The summed E-state index contributed by atoms with van der Waals surface area (Å²) in [5.41, 5.74) is 9.56. The van der Waals surface area contributed by atoms with E-state index in [4.69, 9.17) is 22.1 Å². The average Bonchev–Trinajstić information content (AvgIpc) is 2.95. The molecule has 0 aliphatic rings. The molecule has 0 aliphatic carbocycles. The maximum absolute atomic E-state index is 7.27. The van der Waals surface area contributed by atoms with Gasteiger partial charge in [0.25, 0.3) is 0 Å². The van der Waals surface area contributed by atoms with E-state index < -0.39 is 0 Å². The number of anilines is 1. The van der Waals surface area contributed by atoms with Crippen LogP contribution in [-0.2, 0) is 0 Å². The van der Waals surface area contributed by atoms with Crippen molar-refractivity contribution in [3.8, 4) is 0 Å². The van der Waals surface area contributed by atoms with E-state index >= 15 is 0 Å². The number of thiazole rings is 1. The Bertz CT molecular complexity index is 645. The van der Waals surface area contributed by atoms with Crippen LogP contribution in [0.3, 0.4) is 0 Å². The minimum absolute atomic E-state index is 0.622. The number of unbranched alkanes of at least 4 members (excludes halogenated alkanes) is 2. The van der Waals surface area contributed by atoms with Crippen LogP contribution in [-0.4, -0.2) is 18.1 Å². The van der Waals surface area contributed by atoms with Crippen molar-refractivity contribution in [3.63, 3.8) is 0 Å². The predicted molar refractivity (Wildman–Crippen MR) is 96.2 cm³/mol. The Labute approximate surface area is 141 Å². The summed E-state index contributed by atoms with van der Waals surface area (Å²) in [5, 5.41) is 5.22. The highest BCUT2D eigenvalue weighted by atomic mass is 35.5. The van der Waals surface area contributed by atoms with Crippen LogP contribution in [0.1, 0.15) is 45.1 Å². The molecule has 6 heteroatoms. The molecule has 0 unspecified atom stereocenters. The Kier molecular flexibility index (Phi) is 6.15. The molecule has 1 aromatic carbocycles. The van der Waals surface area contributed by atoms with Gasteiger partial charge in [0.1, 0.15) is 5.52 Å². The Balaban J connectivity index is 2.40. The fourth-order valence-corrected chi connectivity index (χ4v) is 3.71. The van der Waals surface area contributed by atoms with E-state index in [-0.39, 0.29) is 0 Å².